The van der Waals surface area contributed by atoms with Crippen LogP contribution in [-0.4, -0.2) is 37.8 Å². The number of rotatable bonds is 7. The van der Waals surface area contributed by atoms with Crippen molar-refractivity contribution in [2.24, 2.45) is 5.92 Å². The van der Waals surface area contributed by atoms with Gasteiger partial charge in [0.2, 0.25) is 11.8 Å². The zero-order valence-electron chi connectivity index (χ0n) is 19.3. The van der Waals surface area contributed by atoms with Crippen molar-refractivity contribution in [2.45, 2.75) is 19.8 Å². The molecule has 2 aromatic rings. The van der Waals surface area contributed by atoms with E-state index in [0.29, 0.717) is 17.0 Å². The van der Waals surface area contributed by atoms with Crippen LogP contribution in [-0.2, 0) is 19.1 Å². The molecule has 1 aliphatic rings. The predicted molar refractivity (Wildman–Crippen MR) is 129 cm³/mol. The number of hydrogen-bond acceptors (Lipinski definition) is 7. The van der Waals surface area contributed by atoms with Crippen molar-refractivity contribution in [3.05, 3.63) is 69.8 Å². The molecular formula is C25H25N3O5S. The molecule has 9 heteroatoms. The molecule has 176 valence electrons. The zero-order chi connectivity index (χ0) is 24.8. The summed E-state index contributed by atoms with van der Waals surface area (Å²) in [5, 5.41) is 15.7. The fourth-order valence-corrected chi connectivity index (χ4v) is 4.58. The highest BCUT2D eigenvalue weighted by atomic mass is 32.2. The first-order valence-electron chi connectivity index (χ1n) is 10.5. The van der Waals surface area contributed by atoms with Crippen molar-refractivity contribution in [1.82, 2.24) is 5.32 Å². The van der Waals surface area contributed by atoms with Gasteiger partial charge in [-0.15, -0.1) is 0 Å². The van der Waals surface area contributed by atoms with Crippen LogP contribution in [0.4, 0.5) is 5.69 Å². The third-order valence-corrected chi connectivity index (χ3v) is 6.61. The van der Waals surface area contributed by atoms with Crippen LogP contribution in [0.2, 0.25) is 0 Å². The molecule has 0 spiro atoms. The number of esters is 1. The van der Waals surface area contributed by atoms with E-state index in [0.717, 1.165) is 22.9 Å². The number of allylic oxidation sites excluding steroid dienone is 1. The Kier molecular flexibility index (Phi) is 7.97. The summed E-state index contributed by atoms with van der Waals surface area (Å²) in [5.74, 6) is -3.49. The van der Waals surface area contributed by atoms with Crippen LogP contribution in [0.1, 0.15) is 22.6 Å². The van der Waals surface area contributed by atoms with Crippen LogP contribution in [0.5, 0.6) is 5.75 Å². The van der Waals surface area contributed by atoms with Gasteiger partial charge in [-0.25, -0.2) is 0 Å². The third-order valence-electron chi connectivity index (χ3n) is 5.60. The van der Waals surface area contributed by atoms with E-state index < -0.39 is 23.7 Å². The van der Waals surface area contributed by atoms with Crippen LogP contribution in [0.25, 0.3) is 0 Å². The fourth-order valence-electron chi connectivity index (χ4n) is 3.73. The van der Waals surface area contributed by atoms with Gasteiger partial charge >= 0.3 is 5.97 Å². The first-order valence-corrected chi connectivity index (χ1v) is 11.4. The van der Waals surface area contributed by atoms with Crippen LogP contribution in [0.15, 0.2) is 53.1 Å². The van der Waals surface area contributed by atoms with Gasteiger partial charge in [-0.1, -0.05) is 36.0 Å². The van der Waals surface area contributed by atoms with Gasteiger partial charge in [-0.2, -0.15) is 5.26 Å². The van der Waals surface area contributed by atoms with Gasteiger partial charge in [0, 0.05) is 17.2 Å². The van der Waals surface area contributed by atoms with E-state index in [2.05, 4.69) is 16.7 Å². The lowest BCUT2D eigenvalue weighted by atomic mass is 9.78. The molecule has 2 atom stereocenters. The highest BCUT2D eigenvalue weighted by Gasteiger charge is 2.45. The minimum absolute atomic E-state index is 0.0464. The number of anilines is 1. The Morgan fingerprint density at radius 1 is 1.15 bits per heavy atom. The molecule has 2 aromatic carbocycles. The molecule has 8 nitrogen and oxygen atoms in total. The number of methoxy groups -OCH3 is 2. The lowest BCUT2D eigenvalue weighted by Gasteiger charge is -2.31. The lowest BCUT2D eigenvalue weighted by molar-refractivity contribution is -0.150. The molecule has 34 heavy (non-hydrogen) atoms. The number of nitrogens with zero attached hydrogens (tertiary/aromatic N) is 1. The minimum Gasteiger partial charge on any atom is -0.496 e. The van der Waals surface area contributed by atoms with E-state index in [1.54, 1.807) is 24.3 Å². The van der Waals surface area contributed by atoms with Crippen molar-refractivity contribution in [3.8, 4) is 11.8 Å². The number of hydrogen-bond donors (Lipinski definition) is 2. The van der Waals surface area contributed by atoms with E-state index in [9.17, 15) is 19.6 Å². The first kappa shape index (κ1) is 24.9. The number of nitrogens with one attached hydrogen (secondary N) is 2. The molecular weight excluding hydrogens is 454 g/mol. The van der Waals surface area contributed by atoms with Crippen LogP contribution < -0.4 is 15.4 Å². The Morgan fingerprint density at radius 2 is 1.88 bits per heavy atom. The lowest BCUT2D eigenvalue weighted by Crippen LogP contribution is -2.44. The van der Waals surface area contributed by atoms with E-state index in [1.165, 1.54) is 14.2 Å². The molecule has 0 bridgehead atoms. The molecule has 2 N–H and O–H groups in total. The first-order chi connectivity index (χ1) is 16.3. The van der Waals surface area contributed by atoms with E-state index in [1.807, 2.05) is 32.0 Å². The molecule has 2 amide bonds. The maximum atomic E-state index is 12.9. The standard InChI is InChI=1S/C25H25N3O5S/c1-14-9-10-16(11-15(14)2)27-20(29)13-34-24-18(12-26)21(17-7-5-6-8-19(17)32-3)22(23(30)28-24)25(31)33-4/h5-11,21-22H,13H2,1-4H3,(H,27,29)(H,28,30)/t21-,22+/m0/s1. The van der Waals surface area contributed by atoms with E-state index in [-0.39, 0.29) is 22.3 Å². The number of amides is 2. The highest BCUT2D eigenvalue weighted by Crippen LogP contribution is 2.43. The van der Waals surface area contributed by atoms with Gasteiger partial charge in [-0.3, -0.25) is 14.4 Å². The number of thioether (sulfide) groups is 1. The van der Waals surface area contributed by atoms with Gasteiger partial charge < -0.3 is 20.1 Å². The van der Waals surface area contributed by atoms with Crippen LogP contribution in [0, 0.1) is 31.1 Å². The fraction of sp³-hybridized carbons (Fsp3) is 0.280. The third kappa shape index (κ3) is 5.24. The maximum absolute atomic E-state index is 12.9. The molecule has 0 fully saturated rings. The second-order valence-electron chi connectivity index (χ2n) is 7.70. The molecule has 0 unspecified atom stereocenters. The van der Waals surface area contributed by atoms with Crippen molar-refractivity contribution in [3.63, 3.8) is 0 Å². The van der Waals surface area contributed by atoms with Crippen molar-refractivity contribution >= 4 is 35.2 Å². The number of para-hydroxylation sites is 1. The molecule has 1 aliphatic heterocycles. The molecule has 0 aromatic heterocycles. The van der Waals surface area contributed by atoms with Crippen LogP contribution >= 0.6 is 11.8 Å². The summed E-state index contributed by atoms with van der Waals surface area (Å²) >= 11 is 1.02. The van der Waals surface area contributed by atoms with Crippen molar-refractivity contribution < 1.29 is 23.9 Å². The monoisotopic (exact) mass is 479 g/mol. The Hall–Kier alpha value is -3.77. The smallest absolute Gasteiger partial charge is 0.319 e. The van der Waals surface area contributed by atoms with Gasteiger partial charge in [0.25, 0.3) is 0 Å². The summed E-state index contributed by atoms with van der Waals surface area (Å²) in [4.78, 5) is 38.0. The quantitative estimate of drug-likeness (QED) is 0.461. The molecule has 0 saturated carbocycles. The van der Waals surface area contributed by atoms with Gasteiger partial charge in [0.15, 0.2) is 0 Å². The van der Waals surface area contributed by atoms with Gasteiger partial charge in [0.05, 0.1) is 36.6 Å². The second kappa shape index (κ2) is 10.9. The summed E-state index contributed by atoms with van der Waals surface area (Å²) < 4.78 is 10.3. The molecule has 3 rings (SSSR count). The number of carbonyl (C=O) groups excluding carboxylic acids is 3. The highest BCUT2D eigenvalue weighted by molar-refractivity contribution is 8.03. The summed E-state index contributed by atoms with van der Waals surface area (Å²) in [6.07, 6.45) is 0. The Balaban J connectivity index is 1.92. The Bertz CT molecular complexity index is 1200. The summed E-state index contributed by atoms with van der Waals surface area (Å²) in [6, 6.07) is 14.6. The van der Waals surface area contributed by atoms with Crippen molar-refractivity contribution in [1.29, 1.82) is 5.26 Å². The second-order valence-corrected chi connectivity index (χ2v) is 8.69. The Morgan fingerprint density at radius 3 is 2.53 bits per heavy atom. The maximum Gasteiger partial charge on any atom is 0.319 e. The summed E-state index contributed by atoms with van der Waals surface area (Å²) in [5.41, 5.74) is 3.48. The average Bonchev–Trinajstić information content (AvgIpc) is 2.84. The average molecular weight is 480 g/mol. The molecule has 0 aliphatic carbocycles. The number of ether oxygens (including phenoxy) is 2. The van der Waals surface area contributed by atoms with E-state index >= 15 is 0 Å². The molecule has 0 saturated heterocycles. The van der Waals surface area contributed by atoms with E-state index in [4.69, 9.17) is 9.47 Å². The predicted octanol–water partition coefficient (Wildman–Crippen LogP) is 3.42. The molecule has 1 heterocycles. The topological polar surface area (TPSA) is 118 Å². The SMILES string of the molecule is COC(=O)[C@H]1C(=O)NC(SCC(=O)Nc2ccc(C)c(C)c2)=C(C#N)[C@@H]1c1ccccc1OC. The number of carbonyl (C=O) groups is 3. The van der Waals surface area contributed by atoms with Gasteiger partial charge in [-0.05, 0) is 43.2 Å². The number of benzene rings is 2. The largest absolute Gasteiger partial charge is 0.496 e. The summed E-state index contributed by atoms with van der Waals surface area (Å²) in [6.45, 7) is 3.94. The number of aryl methyl sites for hydroxylation is 2. The molecule has 0 radical (unpaired) electrons. The Labute approximate surface area is 202 Å². The minimum atomic E-state index is -1.27. The zero-order valence-corrected chi connectivity index (χ0v) is 20.1. The normalized spacial score (nSPS) is 17.4. The van der Waals surface area contributed by atoms with Gasteiger partial charge in [0.1, 0.15) is 11.7 Å². The van der Waals surface area contributed by atoms with Crippen LogP contribution in [0.3, 0.4) is 0 Å². The summed E-state index contributed by atoms with van der Waals surface area (Å²) in [7, 11) is 2.66. The van der Waals surface area contributed by atoms with Crippen molar-refractivity contribution in [2.75, 3.05) is 25.3 Å². The number of nitriles is 1.